The first-order valence-corrected chi connectivity index (χ1v) is 8.94. The van der Waals surface area contributed by atoms with Crippen LogP contribution in [0.5, 0.6) is 0 Å². The zero-order chi connectivity index (χ0) is 18.9. The number of ether oxygens (including phenoxy) is 1. The highest BCUT2D eigenvalue weighted by Gasteiger charge is 2.18. The number of rotatable bonds is 8. The summed E-state index contributed by atoms with van der Waals surface area (Å²) in [7, 11) is 1.17. The Morgan fingerprint density at radius 2 is 1.85 bits per heavy atom. The van der Waals surface area contributed by atoms with E-state index in [1.807, 2.05) is 30.3 Å². The van der Waals surface area contributed by atoms with Crippen LogP contribution in [0.1, 0.15) is 26.3 Å². The monoisotopic (exact) mass is 374 g/mol. The predicted molar refractivity (Wildman–Crippen MR) is 99.4 cm³/mol. The minimum atomic E-state index is -0.735. The second-order valence-corrected chi connectivity index (χ2v) is 6.42. The van der Waals surface area contributed by atoms with Crippen molar-refractivity contribution < 1.29 is 19.2 Å². The first kappa shape index (κ1) is 19.5. The number of esters is 1. The van der Waals surface area contributed by atoms with Gasteiger partial charge in [-0.05, 0) is 11.6 Å². The van der Waals surface area contributed by atoms with Gasteiger partial charge in [-0.25, -0.2) is 4.79 Å². The van der Waals surface area contributed by atoms with Crippen LogP contribution in [0.4, 0.5) is 5.69 Å². The predicted octanol–water partition coefficient (Wildman–Crippen LogP) is 3.04. The molecule has 26 heavy (non-hydrogen) atoms. The van der Waals surface area contributed by atoms with Crippen LogP contribution in [-0.4, -0.2) is 36.2 Å². The summed E-state index contributed by atoms with van der Waals surface area (Å²) in [6, 6.07) is 13.5. The third kappa shape index (κ3) is 5.59. The molecule has 0 aliphatic carbocycles. The van der Waals surface area contributed by atoms with Crippen molar-refractivity contribution >= 4 is 29.3 Å². The third-order valence-corrected chi connectivity index (χ3v) is 4.49. The lowest BCUT2D eigenvalue weighted by Crippen LogP contribution is -2.26. The summed E-state index contributed by atoms with van der Waals surface area (Å²) in [6.07, 6.45) is 0. The van der Waals surface area contributed by atoms with Crippen molar-refractivity contribution in [3.8, 4) is 0 Å². The van der Waals surface area contributed by atoms with Gasteiger partial charge in [0, 0.05) is 35.7 Å². The Bertz CT molecular complexity index is 795. The van der Waals surface area contributed by atoms with E-state index in [1.54, 1.807) is 11.8 Å². The van der Waals surface area contributed by atoms with Gasteiger partial charge in [0.15, 0.2) is 0 Å². The minimum absolute atomic E-state index is 0.0368. The van der Waals surface area contributed by atoms with Gasteiger partial charge in [0.25, 0.3) is 11.6 Å². The number of thioether (sulfide) groups is 1. The van der Waals surface area contributed by atoms with E-state index in [0.29, 0.717) is 12.3 Å². The van der Waals surface area contributed by atoms with Gasteiger partial charge in [-0.3, -0.25) is 14.9 Å². The maximum absolute atomic E-state index is 12.2. The number of amides is 1. The molecule has 2 aromatic carbocycles. The van der Waals surface area contributed by atoms with Crippen molar-refractivity contribution in [3.05, 3.63) is 75.3 Å². The fourth-order valence-corrected chi connectivity index (χ4v) is 3.01. The van der Waals surface area contributed by atoms with Crippen LogP contribution in [0.3, 0.4) is 0 Å². The summed E-state index contributed by atoms with van der Waals surface area (Å²) in [5.74, 6) is 0.319. The Hall–Kier alpha value is -2.87. The quantitative estimate of drug-likeness (QED) is 0.330. The van der Waals surface area contributed by atoms with E-state index >= 15 is 0 Å². The first-order valence-electron chi connectivity index (χ1n) is 7.79. The van der Waals surface area contributed by atoms with Crippen LogP contribution in [0.15, 0.2) is 48.5 Å². The average Bonchev–Trinajstić information content (AvgIpc) is 2.67. The van der Waals surface area contributed by atoms with E-state index in [2.05, 4.69) is 10.1 Å². The molecular formula is C18H18N2O5S. The molecule has 0 heterocycles. The SMILES string of the molecule is COC(=O)c1cc(C(=O)NCCSCc2ccccc2)cc([N+](=O)[O-])c1. The number of methoxy groups -OCH3 is 1. The summed E-state index contributed by atoms with van der Waals surface area (Å²) in [5.41, 5.74) is 0.875. The number of nitro groups is 1. The van der Waals surface area contributed by atoms with E-state index in [0.717, 1.165) is 17.9 Å². The molecule has 0 atom stereocenters. The topological polar surface area (TPSA) is 98.5 Å². The standard InChI is InChI=1S/C18H18N2O5S/c1-25-18(22)15-9-14(10-16(11-15)20(23)24)17(21)19-7-8-26-12-13-5-3-2-4-6-13/h2-6,9-11H,7-8,12H2,1H3,(H,19,21). The normalized spacial score (nSPS) is 10.2. The Labute approximate surface area is 154 Å². The second-order valence-electron chi connectivity index (χ2n) is 5.31. The summed E-state index contributed by atoms with van der Waals surface area (Å²) >= 11 is 1.67. The van der Waals surface area contributed by atoms with Gasteiger partial charge < -0.3 is 10.1 Å². The average molecular weight is 374 g/mol. The first-order chi connectivity index (χ1) is 12.5. The Morgan fingerprint density at radius 3 is 2.50 bits per heavy atom. The number of non-ortho nitro benzene ring substituents is 1. The van der Waals surface area contributed by atoms with Crippen molar-refractivity contribution in [2.24, 2.45) is 0 Å². The molecule has 136 valence electrons. The third-order valence-electron chi connectivity index (χ3n) is 3.46. The molecule has 0 saturated carbocycles. The van der Waals surface area contributed by atoms with Gasteiger partial charge >= 0.3 is 5.97 Å². The van der Waals surface area contributed by atoms with Gasteiger partial charge in [-0.1, -0.05) is 30.3 Å². The van der Waals surface area contributed by atoms with E-state index in [9.17, 15) is 19.7 Å². The van der Waals surface area contributed by atoms with Crippen molar-refractivity contribution in [2.45, 2.75) is 5.75 Å². The van der Waals surface area contributed by atoms with Crippen LogP contribution in [-0.2, 0) is 10.5 Å². The highest BCUT2D eigenvalue weighted by atomic mass is 32.2. The molecule has 1 amide bonds. The van der Waals surface area contributed by atoms with Crippen LogP contribution < -0.4 is 5.32 Å². The fourth-order valence-electron chi connectivity index (χ4n) is 2.19. The molecule has 0 saturated heterocycles. The molecule has 7 nitrogen and oxygen atoms in total. The summed E-state index contributed by atoms with van der Waals surface area (Å²) in [4.78, 5) is 34.2. The molecule has 8 heteroatoms. The molecule has 1 N–H and O–H groups in total. The molecule has 0 spiro atoms. The number of hydrogen-bond donors (Lipinski definition) is 1. The maximum Gasteiger partial charge on any atom is 0.338 e. The highest BCUT2D eigenvalue weighted by molar-refractivity contribution is 7.98. The lowest BCUT2D eigenvalue weighted by atomic mass is 10.1. The van der Waals surface area contributed by atoms with Gasteiger partial charge in [-0.2, -0.15) is 11.8 Å². The van der Waals surface area contributed by atoms with Crippen LogP contribution in [0.2, 0.25) is 0 Å². The Morgan fingerprint density at radius 1 is 1.15 bits per heavy atom. The van der Waals surface area contributed by atoms with Crippen molar-refractivity contribution in [1.29, 1.82) is 0 Å². The number of carbonyl (C=O) groups is 2. The summed E-state index contributed by atoms with van der Waals surface area (Å²) in [6.45, 7) is 0.409. The molecule has 0 bridgehead atoms. The fraction of sp³-hybridized carbons (Fsp3) is 0.222. The lowest BCUT2D eigenvalue weighted by molar-refractivity contribution is -0.384. The maximum atomic E-state index is 12.2. The molecule has 0 aromatic heterocycles. The van der Waals surface area contributed by atoms with Gasteiger partial charge in [0.1, 0.15) is 0 Å². The zero-order valence-electron chi connectivity index (χ0n) is 14.1. The highest BCUT2D eigenvalue weighted by Crippen LogP contribution is 2.18. The van der Waals surface area contributed by atoms with E-state index in [1.165, 1.54) is 18.7 Å². The number of hydrogen-bond acceptors (Lipinski definition) is 6. The van der Waals surface area contributed by atoms with E-state index in [-0.39, 0.29) is 16.8 Å². The molecule has 0 fully saturated rings. The lowest BCUT2D eigenvalue weighted by Gasteiger charge is -2.07. The Kier molecular flexibility index (Phi) is 7.16. The number of benzene rings is 2. The van der Waals surface area contributed by atoms with Crippen LogP contribution >= 0.6 is 11.8 Å². The number of nitrogens with one attached hydrogen (secondary N) is 1. The number of nitrogens with zero attached hydrogens (tertiary/aromatic N) is 1. The smallest absolute Gasteiger partial charge is 0.338 e. The molecule has 0 aliphatic heterocycles. The van der Waals surface area contributed by atoms with Gasteiger partial charge in [-0.15, -0.1) is 0 Å². The van der Waals surface area contributed by atoms with E-state index < -0.39 is 16.8 Å². The molecule has 2 rings (SSSR count). The molecule has 0 radical (unpaired) electrons. The molecule has 2 aromatic rings. The molecular weight excluding hydrogens is 356 g/mol. The van der Waals surface area contributed by atoms with Crippen molar-refractivity contribution in [1.82, 2.24) is 5.32 Å². The Balaban J connectivity index is 1.92. The second kappa shape index (κ2) is 9.57. The molecule has 0 unspecified atom stereocenters. The number of nitro benzene ring substituents is 1. The summed E-state index contributed by atoms with van der Waals surface area (Å²) < 4.78 is 4.56. The van der Waals surface area contributed by atoms with Crippen molar-refractivity contribution in [3.63, 3.8) is 0 Å². The van der Waals surface area contributed by atoms with Crippen LogP contribution in [0.25, 0.3) is 0 Å². The van der Waals surface area contributed by atoms with E-state index in [4.69, 9.17) is 0 Å². The number of carbonyl (C=O) groups excluding carboxylic acids is 2. The molecule has 0 aliphatic rings. The van der Waals surface area contributed by atoms with Crippen LogP contribution in [0, 0.1) is 10.1 Å². The largest absolute Gasteiger partial charge is 0.465 e. The van der Waals surface area contributed by atoms with Gasteiger partial charge in [0.05, 0.1) is 17.6 Å². The summed E-state index contributed by atoms with van der Waals surface area (Å²) in [5, 5.41) is 13.7. The minimum Gasteiger partial charge on any atom is -0.465 e. The van der Waals surface area contributed by atoms with Gasteiger partial charge in [0.2, 0.25) is 0 Å². The zero-order valence-corrected chi connectivity index (χ0v) is 15.0. The van der Waals surface area contributed by atoms with Crippen molar-refractivity contribution in [2.75, 3.05) is 19.4 Å².